The highest BCUT2D eigenvalue weighted by Gasteiger charge is 2.13. The van der Waals surface area contributed by atoms with E-state index in [0.29, 0.717) is 32.7 Å². The largest absolute Gasteiger partial charge is 0.321 e. The molecule has 0 unspecified atom stereocenters. The molecule has 0 saturated carbocycles. The van der Waals surface area contributed by atoms with Crippen LogP contribution in [-0.2, 0) is 0 Å². The zero-order valence-corrected chi connectivity index (χ0v) is 12.8. The molecule has 0 fully saturated rings. The van der Waals surface area contributed by atoms with Gasteiger partial charge in [0.25, 0.3) is 5.91 Å². The van der Waals surface area contributed by atoms with E-state index in [1.807, 2.05) is 30.3 Å². The summed E-state index contributed by atoms with van der Waals surface area (Å²) in [5.41, 5.74) is 2.36. The molecular weight excluding hydrogens is 321 g/mol. The summed E-state index contributed by atoms with van der Waals surface area (Å²) >= 11 is 12.0. The van der Waals surface area contributed by atoms with Crippen molar-refractivity contribution in [2.24, 2.45) is 0 Å². The van der Waals surface area contributed by atoms with E-state index in [4.69, 9.17) is 23.2 Å². The maximum Gasteiger partial charge on any atom is 0.273 e. The van der Waals surface area contributed by atoms with E-state index in [0.717, 1.165) is 0 Å². The van der Waals surface area contributed by atoms with Crippen LogP contribution < -0.4 is 5.32 Å². The van der Waals surface area contributed by atoms with E-state index in [2.05, 4.69) is 15.5 Å². The second kappa shape index (κ2) is 6.22. The molecule has 1 aromatic heterocycles. The highest BCUT2D eigenvalue weighted by molar-refractivity contribution is 6.36. The van der Waals surface area contributed by atoms with Gasteiger partial charge in [-0.15, -0.1) is 0 Å². The van der Waals surface area contributed by atoms with Crippen molar-refractivity contribution >= 4 is 34.8 Å². The molecule has 22 heavy (non-hydrogen) atoms. The number of hydrogen-bond donors (Lipinski definition) is 2. The molecule has 4 nitrogen and oxygen atoms in total. The number of carbonyl (C=O) groups is 1. The summed E-state index contributed by atoms with van der Waals surface area (Å²) < 4.78 is 0. The van der Waals surface area contributed by atoms with Gasteiger partial charge in [0.05, 0.1) is 10.7 Å². The van der Waals surface area contributed by atoms with Crippen LogP contribution in [0, 0.1) is 0 Å². The van der Waals surface area contributed by atoms with Crippen molar-refractivity contribution in [1.82, 2.24) is 10.2 Å². The number of amides is 1. The highest BCUT2D eigenvalue weighted by atomic mass is 35.5. The van der Waals surface area contributed by atoms with E-state index >= 15 is 0 Å². The summed E-state index contributed by atoms with van der Waals surface area (Å²) in [6, 6.07) is 16.0. The Bertz CT molecular complexity index is 815. The van der Waals surface area contributed by atoms with Crippen molar-refractivity contribution in [2.45, 2.75) is 0 Å². The highest BCUT2D eigenvalue weighted by Crippen LogP contribution is 2.29. The molecule has 2 aromatic carbocycles. The number of nitrogens with one attached hydrogen (secondary N) is 2. The Kier molecular flexibility index (Phi) is 4.13. The van der Waals surface area contributed by atoms with Crippen molar-refractivity contribution < 1.29 is 4.79 Å². The number of hydrogen-bond acceptors (Lipinski definition) is 2. The minimum absolute atomic E-state index is 0.268. The summed E-state index contributed by atoms with van der Waals surface area (Å²) in [5.74, 6) is -0.268. The number of aromatic nitrogens is 2. The molecule has 0 atom stereocenters. The number of anilines is 1. The first kappa shape index (κ1) is 14.6. The van der Waals surface area contributed by atoms with E-state index in [1.54, 1.807) is 24.3 Å². The van der Waals surface area contributed by atoms with E-state index in [-0.39, 0.29) is 5.91 Å². The van der Waals surface area contributed by atoms with Crippen LogP contribution in [0.25, 0.3) is 11.3 Å². The van der Waals surface area contributed by atoms with E-state index in [1.165, 1.54) is 0 Å². The average Bonchev–Trinajstić information content (AvgIpc) is 2.98. The van der Waals surface area contributed by atoms with Crippen LogP contribution in [0.15, 0.2) is 54.6 Å². The number of aromatic amines is 1. The molecule has 6 heteroatoms. The Balaban J connectivity index is 1.83. The third-order valence-electron chi connectivity index (χ3n) is 3.06. The maximum absolute atomic E-state index is 12.2. The van der Waals surface area contributed by atoms with Gasteiger partial charge in [0.2, 0.25) is 0 Å². The van der Waals surface area contributed by atoms with Crippen LogP contribution in [-0.4, -0.2) is 16.1 Å². The van der Waals surface area contributed by atoms with Crippen LogP contribution in [0.5, 0.6) is 0 Å². The summed E-state index contributed by atoms with van der Waals surface area (Å²) in [5, 5.41) is 10.6. The van der Waals surface area contributed by atoms with Gasteiger partial charge in [-0.2, -0.15) is 5.10 Å². The van der Waals surface area contributed by atoms with Gasteiger partial charge in [-0.05, 0) is 36.4 Å². The van der Waals surface area contributed by atoms with Crippen molar-refractivity contribution in [2.75, 3.05) is 5.32 Å². The van der Waals surface area contributed by atoms with Gasteiger partial charge in [0.1, 0.15) is 5.69 Å². The van der Waals surface area contributed by atoms with Crippen molar-refractivity contribution in [1.29, 1.82) is 0 Å². The predicted octanol–water partition coefficient (Wildman–Crippen LogP) is 4.64. The molecule has 0 aliphatic carbocycles. The Morgan fingerprint density at radius 1 is 1.05 bits per heavy atom. The molecule has 0 saturated heterocycles. The summed E-state index contributed by atoms with van der Waals surface area (Å²) in [4.78, 5) is 12.2. The first-order chi connectivity index (χ1) is 10.6. The van der Waals surface area contributed by atoms with Crippen LogP contribution in [0.2, 0.25) is 10.0 Å². The lowest BCUT2D eigenvalue weighted by atomic mass is 10.1. The topological polar surface area (TPSA) is 57.8 Å². The lowest BCUT2D eigenvalue weighted by molar-refractivity contribution is 0.102. The second-order valence-electron chi connectivity index (χ2n) is 4.61. The first-order valence-electron chi connectivity index (χ1n) is 6.51. The number of para-hydroxylation sites is 1. The molecule has 0 bridgehead atoms. The summed E-state index contributed by atoms with van der Waals surface area (Å²) in [7, 11) is 0. The number of H-pyrrole nitrogens is 1. The molecule has 0 spiro atoms. The molecule has 0 radical (unpaired) electrons. The van der Waals surface area contributed by atoms with Gasteiger partial charge in [-0.25, -0.2) is 0 Å². The Labute approximate surface area is 137 Å². The van der Waals surface area contributed by atoms with Crippen molar-refractivity contribution in [3.05, 3.63) is 70.3 Å². The second-order valence-corrected chi connectivity index (χ2v) is 5.45. The van der Waals surface area contributed by atoms with Gasteiger partial charge >= 0.3 is 0 Å². The SMILES string of the molecule is O=C(Nc1ccccc1)c1cc(-c2ccc(Cl)cc2Cl)n[nH]1. The minimum Gasteiger partial charge on any atom is -0.321 e. The number of nitrogens with zero attached hydrogens (tertiary/aromatic N) is 1. The van der Waals surface area contributed by atoms with Gasteiger partial charge in [-0.3, -0.25) is 9.89 Å². The zero-order valence-electron chi connectivity index (χ0n) is 11.3. The van der Waals surface area contributed by atoms with Crippen LogP contribution in [0.4, 0.5) is 5.69 Å². The fraction of sp³-hybridized carbons (Fsp3) is 0. The fourth-order valence-electron chi connectivity index (χ4n) is 1.99. The first-order valence-corrected chi connectivity index (χ1v) is 7.26. The smallest absolute Gasteiger partial charge is 0.273 e. The number of rotatable bonds is 3. The lowest BCUT2D eigenvalue weighted by Crippen LogP contribution is -2.12. The molecule has 3 rings (SSSR count). The Morgan fingerprint density at radius 3 is 2.55 bits per heavy atom. The average molecular weight is 332 g/mol. The minimum atomic E-state index is -0.268. The van der Waals surface area contributed by atoms with Crippen LogP contribution in [0.1, 0.15) is 10.5 Å². The standard InChI is InChI=1S/C16H11Cl2N3O/c17-10-6-7-12(13(18)8-10)14-9-15(21-20-14)16(22)19-11-4-2-1-3-5-11/h1-9H,(H,19,22)(H,20,21). The van der Waals surface area contributed by atoms with Crippen molar-refractivity contribution in [3.8, 4) is 11.3 Å². The number of halogens is 2. The molecule has 1 amide bonds. The predicted molar refractivity (Wildman–Crippen MR) is 88.4 cm³/mol. The molecule has 2 N–H and O–H groups in total. The number of carbonyl (C=O) groups excluding carboxylic acids is 1. The molecule has 0 aliphatic rings. The molecule has 3 aromatic rings. The molecular formula is C16H11Cl2N3O. The molecule has 0 aliphatic heterocycles. The Hall–Kier alpha value is -2.30. The Morgan fingerprint density at radius 2 is 1.82 bits per heavy atom. The third kappa shape index (κ3) is 3.13. The van der Waals surface area contributed by atoms with Gasteiger partial charge in [0, 0.05) is 16.3 Å². The summed E-state index contributed by atoms with van der Waals surface area (Å²) in [6.45, 7) is 0. The van der Waals surface area contributed by atoms with E-state index in [9.17, 15) is 4.79 Å². The fourth-order valence-corrected chi connectivity index (χ4v) is 2.50. The van der Waals surface area contributed by atoms with Gasteiger partial charge in [-0.1, -0.05) is 41.4 Å². The third-order valence-corrected chi connectivity index (χ3v) is 3.61. The van der Waals surface area contributed by atoms with E-state index < -0.39 is 0 Å². The van der Waals surface area contributed by atoms with Gasteiger partial charge in [0.15, 0.2) is 0 Å². The summed E-state index contributed by atoms with van der Waals surface area (Å²) in [6.07, 6.45) is 0. The molecule has 1 heterocycles. The molecule has 110 valence electrons. The number of benzene rings is 2. The normalized spacial score (nSPS) is 10.5. The maximum atomic E-state index is 12.2. The van der Waals surface area contributed by atoms with Gasteiger partial charge < -0.3 is 5.32 Å². The quantitative estimate of drug-likeness (QED) is 0.734. The lowest BCUT2D eigenvalue weighted by Gasteiger charge is -2.02. The zero-order chi connectivity index (χ0) is 15.5. The van der Waals surface area contributed by atoms with Crippen LogP contribution in [0.3, 0.4) is 0 Å². The van der Waals surface area contributed by atoms with Crippen LogP contribution >= 0.6 is 23.2 Å². The van der Waals surface area contributed by atoms with Crippen molar-refractivity contribution in [3.63, 3.8) is 0 Å². The monoisotopic (exact) mass is 331 g/mol.